The minimum absolute atomic E-state index is 0.0768. The molecule has 1 heterocycles. The van der Waals surface area contributed by atoms with E-state index in [-0.39, 0.29) is 6.61 Å². The monoisotopic (exact) mass is 253 g/mol. The fraction of sp³-hybridized carbons (Fsp3) is 0.308. The highest BCUT2D eigenvalue weighted by molar-refractivity contribution is 5.86. The van der Waals surface area contributed by atoms with Crippen LogP contribution in [0.5, 0.6) is 0 Å². The predicted molar refractivity (Wildman–Crippen MR) is 63.5 cm³/mol. The number of carbonyl (C=O) groups is 1. The summed E-state index contributed by atoms with van der Waals surface area (Å²) in [6, 6.07) is 3.02. The van der Waals surface area contributed by atoms with Crippen molar-refractivity contribution >= 4 is 16.9 Å². The number of para-hydroxylation sites is 1. The van der Waals surface area contributed by atoms with Gasteiger partial charge in [0.2, 0.25) is 0 Å². The van der Waals surface area contributed by atoms with Gasteiger partial charge in [0, 0.05) is 11.6 Å². The molecule has 0 N–H and O–H groups in total. The van der Waals surface area contributed by atoms with E-state index >= 15 is 0 Å². The molecule has 0 spiro atoms. The number of alkyl halides is 2. The van der Waals surface area contributed by atoms with Crippen LogP contribution in [-0.2, 0) is 15.6 Å². The van der Waals surface area contributed by atoms with E-state index in [1.54, 1.807) is 31.2 Å². The number of fused-ring (bicyclic) bond motifs is 1. The Kier molecular flexibility index (Phi) is 3.07. The number of carbonyl (C=O) groups excluding carboxylic acids is 1. The van der Waals surface area contributed by atoms with Gasteiger partial charge in [-0.05, 0) is 25.5 Å². The van der Waals surface area contributed by atoms with Crippen LogP contribution >= 0.6 is 0 Å². The highest BCUT2D eigenvalue weighted by Crippen LogP contribution is 2.30. The maximum atomic E-state index is 14.0. The molecule has 0 aliphatic carbocycles. The Morgan fingerprint density at radius 2 is 2.06 bits per heavy atom. The van der Waals surface area contributed by atoms with E-state index in [0.29, 0.717) is 21.0 Å². The largest absolute Gasteiger partial charge is 0.460 e. The molecule has 2 aromatic rings. The number of rotatable bonds is 3. The first kappa shape index (κ1) is 12.5. The molecule has 0 saturated heterocycles. The minimum atomic E-state index is -3.69. The van der Waals surface area contributed by atoms with E-state index in [0.717, 1.165) is 0 Å². The van der Waals surface area contributed by atoms with Crippen molar-refractivity contribution in [1.82, 2.24) is 4.57 Å². The quantitative estimate of drug-likeness (QED) is 0.787. The van der Waals surface area contributed by atoms with Gasteiger partial charge < -0.3 is 4.74 Å². The van der Waals surface area contributed by atoms with Gasteiger partial charge in [0.15, 0.2) is 0 Å². The van der Waals surface area contributed by atoms with E-state index in [1.165, 1.54) is 13.1 Å². The van der Waals surface area contributed by atoms with Crippen LogP contribution in [-0.4, -0.2) is 17.1 Å². The third-order valence-electron chi connectivity index (χ3n) is 2.73. The molecule has 0 aliphatic rings. The number of hydrogen-bond donors (Lipinski definition) is 0. The Hall–Kier alpha value is -1.91. The van der Waals surface area contributed by atoms with Crippen molar-refractivity contribution in [3.8, 4) is 0 Å². The summed E-state index contributed by atoms with van der Waals surface area (Å²) in [7, 11) is 0. The average Bonchev–Trinajstić information content (AvgIpc) is 2.68. The second-order valence-corrected chi connectivity index (χ2v) is 3.96. The second kappa shape index (κ2) is 4.40. The molecule has 1 aromatic carbocycles. The van der Waals surface area contributed by atoms with E-state index in [9.17, 15) is 13.6 Å². The van der Waals surface area contributed by atoms with Crippen molar-refractivity contribution in [2.75, 3.05) is 6.61 Å². The molecule has 0 atom stereocenters. The summed E-state index contributed by atoms with van der Waals surface area (Å²) in [5.41, 5.74) is 1.00. The number of nitrogens with zero attached hydrogens (tertiary/aromatic N) is 1. The van der Waals surface area contributed by atoms with E-state index in [4.69, 9.17) is 0 Å². The smallest absolute Gasteiger partial charge is 0.427 e. The molecule has 0 fully saturated rings. The van der Waals surface area contributed by atoms with Crippen LogP contribution in [0.25, 0.3) is 10.9 Å². The summed E-state index contributed by atoms with van der Waals surface area (Å²) >= 11 is 0. The summed E-state index contributed by atoms with van der Waals surface area (Å²) in [5.74, 6) is -1.54. The number of esters is 1. The Labute approximate surface area is 103 Å². The van der Waals surface area contributed by atoms with E-state index in [1.807, 2.05) is 0 Å². The first-order chi connectivity index (χ1) is 8.48. The third kappa shape index (κ3) is 1.85. The SMILES string of the molecule is CCOC(=O)C(F)(F)n1cc(C)c2ccccc21. The Balaban J connectivity index is 2.57. The minimum Gasteiger partial charge on any atom is -0.460 e. The number of halogens is 2. The first-order valence-electron chi connectivity index (χ1n) is 5.60. The molecule has 5 heteroatoms. The zero-order valence-corrected chi connectivity index (χ0v) is 10.1. The van der Waals surface area contributed by atoms with Crippen molar-refractivity contribution in [2.24, 2.45) is 0 Å². The summed E-state index contributed by atoms with van der Waals surface area (Å²) in [5, 5.41) is 0.696. The van der Waals surface area contributed by atoms with Gasteiger partial charge in [-0.25, -0.2) is 4.79 Å². The molecule has 2 rings (SSSR count). The summed E-state index contributed by atoms with van der Waals surface area (Å²) in [6.45, 7) is 3.14. The zero-order chi connectivity index (χ0) is 13.3. The van der Waals surface area contributed by atoms with Crippen molar-refractivity contribution in [2.45, 2.75) is 19.9 Å². The standard InChI is InChI=1S/C13H13F2NO2/c1-3-18-12(17)13(14,15)16-8-9(2)10-6-4-5-7-11(10)16/h4-8H,3H2,1-2H3. The fourth-order valence-corrected chi connectivity index (χ4v) is 1.90. The number of ether oxygens (including phenoxy) is 1. The molecule has 0 amide bonds. The van der Waals surface area contributed by atoms with Crippen molar-refractivity contribution in [1.29, 1.82) is 0 Å². The van der Waals surface area contributed by atoms with Gasteiger partial charge in [-0.1, -0.05) is 18.2 Å². The molecular formula is C13H13F2NO2. The van der Waals surface area contributed by atoms with E-state index in [2.05, 4.69) is 4.74 Å². The van der Waals surface area contributed by atoms with Gasteiger partial charge in [-0.15, -0.1) is 0 Å². The highest BCUT2D eigenvalue weighted by atomic mass is 19.3. The Morgan fingerprint density at radius 3 is 2.72 bits per heavy atom. The average molecular weight is 253 g/mol. The van der Waals surface area contributed by atoms with Gasteiger partial charge in [0.05, 0.1) is 12.1 Å². The van der Waals surface area contributed by atoms with Crippen LogP contribution in [0.1, 0.15) is 12.5 Å². The van der Waals surface area contributed by atoms with Crippen LogP contribution in [0.15, 0.2) is 30.5 Å². The lowest BCUT2D eigenvalue weighted by Crippen LogP contribution is -2.34. The molecule has 0 unspecified atom stereocenters. The van der Waals surface area contributed by atoms with Crippen LogP contribution in [0.3, 0.4) is 0 Å². The van der Waals surface area contributed by atoms with Crippen LogP contribution in [0, 0.1) is 6.92 Å². The molecule has 0 radical (unpaired) electrons. The number of benzene rings is 1. The summed E-state index contributed by atoms with van der Waals surface area (Å²) < 4.78 is 33.0. The maximum absolute atomic E-state index is 14.0. The highest BCUT2D eigenvalue weighted by Gasteiger charge is 2.43. The topological polar surface area (TPSA) is 31.2 Å². The molecule has 3 nitrogen and oxygen atoms in total. The van der Waals surface area contributed by atoms with Crippen LogP contribution in [0.2, 0.25) is 0 Å². The lowest BCUT2D eigenvalue weighted by molar-refractivity contribution is -0.186. The van der Waals surface area contributed by atoms with Gasteiger partial charge >= 0.3 is 12.0 Å². The first-order valence-corrected chi connectivity index (χ1v) is 5.60. The molecule has 18 heavy (non-hydrogen) atoms. The van der Waals surface area contributed by atoms with Crippen molar-refractivity contribution < 1.29 is 18.3 Å². The molecule has 0 bridgehead atoms. The number of aromatic nitrogens is 1. The van der Waals surface area contributed by atoms with Gasteiger partial charge in [-0.2, -0.15) is 8.78 Å². The van der Waals surface area contributed by atoms with Gasteiger partial charge in [-0.3, -0.25) is 4.57 Å². The zero-order valence-electron chi connectivity index (χ0n) is 10.1. The summed E-state index contributed by atoms with van der Waals surface area (Å²) in [4.78, 5) is 11.3. The maximum Gasteiger partial charge on any atom is 0.427 e. The number of hydrogen-bond acceptors (Lipinski definition) is 2. The summed E-state index contributed by atoms with van der Waals surface area (Å²) in [6.07, 6.45) is 1.27. The molecule has 0 saturated carbocycles. The molecule has 1 aromatic heterocycles. The predicted octanol–water partition coefficient (Wildman–Crippen LogP) is 3.06. The van der Waals surface area contributed by atoms with Gasteiger partial charge in [0.25, 0.3) is 0 Å². The second-order valence-electron chi connectivity index (χ2n) is 3.96. The molecular weight excluding hydrogens is 240 g/mol. The Morgan fingerprint density at radius 1 is 1.39 bits per heavy atom. The fourth-order valence-electron chi connectivity index (χ4n) is 1.90. The van der Waals surface area contributed by atoms with Crippen molar-refractivity contribution in [3.05, 3.63) is 36.0 Å². The Bertz CT molecular complexity index is 590. The lowest BCUT2D eigenvalue weighted by atomic mass is 10.2. The third-order valence-corrected chi connectivity index (χ3v) is 2.73. The van der Waals surface area contributed by atoms with E-state index < -0.39 is 12.0 Å². The van der Waals surface area contributed by atoms with Crippen LogP contribution < -0.4 is 0 Å². The molecule has 0 aliphatic heterocycles. The normalized spacial score (nSPS) is 11.8. The van der Waals surface area contributed by atoms with Crippen LogP contribution in [0.4, 0.5) is 8.78 Å². The molecule has 96 valence electrons. The lowest BCUT2D eigenvalue weighted by Gasteiger charge is -2.17. The van der Waals surface area contributed by atoms with Crippen molar-refractivity contribution in [3.63, 3.8) is 0 Å². The van der Waals surface area contributed by atoms with Gasteiger partial charge in [0.1, 0.15) is 0 Å². The number of aryl methyl sites for hydroxylation is 1.